The number of hydrogen-bond donors (Lipinski definition) is 0. The standard InChI is InChI=1S/C56H33N5OS/c1-3-13-34(14-4-1)54-58-55(35-15-5-2-6-16-35)60-56(59-54)42-25-24-37(61-47-20-10-7-19-43(47)52-48(61)27-26-41-40-18-9-12-22-51(40)63-53(41)52)32-44(42)38-29-30-57-33-46(38)36-23-28-50-45(31-36)39-17-8-11-21-49(39)62-50/h1-33H. The SMILES string of the molecule is c1ccc(-c2nc(-c3ccccc3)nc(-c3ccc(-n4c5ccccc5c5c6sc7ccccc7c6ccc54)cc3-c3ccncc3-c3ccc4oc5ccccc5c4c3)n2)cc1. The summed E-state index contributed by atoms with van der Waals surface area (Å²) in [4.78, 5) is 20.3. The summed E-state index contributed by atoms with van der Waals surface area (Å²) in [6.07, 6.45) is 3.84. The van der Waals surface area contributed by atoms with Gasteiger partial charge in [0.25, 0.3) is 0 Å². The molecule has 0 atom stereocenters. The molecule has 5 heterocycles. The van der Waals surface area contributed by atoms with Crippen molar-refractivity contribution in [1.29, 1.82) is 0 Å². The number of thiophene rings is 1. The Morgan fingerprint density at radius 2 is 1.10 bits per heavy atom. The normalized spacial score (nSPS) is 11.8. The zero-order valence-electron chi connectivity index (χ0n) is 33.6. The maximum Gasteiger partial charge on any atom is 0.164 e. The van der Waals surface area contributed by atoms with E-state index in [0.29, 0.717) is 17.5 Å². The molecule has 0 fully saturated rings. The number of rotatable bonds is 6. The van der Waals surface area contributed by atoms with Crippen molar-refractivity contribution in [2.75, 3.05) is 0 Å². The van der Waals surface area contributed by atoms with E-state index in [2.05, 4.69) is 120 Å². The van der Waals surface area contributed by atoms with Gasteiger partial charge < -0.3 is 8.98 Å². The van der Waals surface area contributed by atoms with Crippen molar-refractivity contribution in [1.82, 2.24) is 24.5 Å². The molecule has 8 aromatic carbocycles. The highest BCUT2D eigenvalue weighted by molar-refractivity contribution is 7.26. The number of hydrogen-bond acceptors (Lipinski definition) is 6. The summed E-state index contributed by atoms with van der Waals surface area (Å²) in [6, 6.07) is 65.7. The van der Waals surface area contributed by atoms with Gasteiger partial charge in [-0.05, 0) is 77.4 Å². The number of fused-ring (bicyclic) bond motifs is 10. The van der Waals surface area contributed by atoms with Gasteiger partial charge in [0.15, 0.2) is 17.5 Å². The predicted molar refractivity (Wildman–Crippen MR) is 259 cm³/mol. The van der Waals surface area contributed by atoms with Gasteiger partial charge in [-0.2, -0.15) is 0 Å². The molecule has 0 saturated heterocycles. The Kier molecular flexibility index (Phi) is 7.98. The van der Waals surface area contributed by atoms with Crippen LogP contribution < -0.4 is 0 Å². The smallest absolute Gasteiger partial charge is 0.164 e. The van der Waals surface area contributed by atoms with Crippen LogP contribution in [0.4, 0.5) is 0 Å². The maximum absolute atomic E-state index is 6.26. The Morgan fingerprint density at radius 3 is 1.90 bits per heavy atom. The van der Waals surface area contributed by atoms with Crippen LogP contribution in [0.15, 0.2) is 205 Å². The van der Waals surface area contributed by atoms with E-state index in [4.69, 9.17) is 24.4 Å². The lowest BCUT2D eigenvalue weighted by Gasteiger charge is -2.17. The van der Waals surface area contributed by atoms with Crippen molar-refractivity contribution < 1.29 is 4.42 Å². The van der Waals surface area contributed by atoms with Crippen LogP contribution in [0.2, 0.25) is 0 Å². The van der Waals surface area contributed by atoms with E-state index in [9.17, 15) is 0 Å². The first-order valence-electron chi connectivity index (χ1n) is 20.9. The molecule has 0 aliphatic rings. The third-order valence-electron chi connectivity index (χ3n) is 12.2. The van der Waals surface area contributed by atoms with E-state index in [0.717, 1.165) is 77.6 Å². The number of aromatic nitrogens is 5. The van der Waals surface area contributed by atoms with E-state index in [1.165, 1.54) is 30.9 Å². The number of furan rings is 1. The average Bonchev–Trinajstić information content (AvgIpc) is 4.04. The molecule has 5 aromatic heterocycles. The Bertz CT molecular complexity index is 3870. The lowest BCUT2D eigenvalue weighted by Crippen LogP contribution is -2.02. The van der Waals surface area contributed by atoms with Crippen LogP contribution in [0.25, 0.3) is 126 Å². The van der Waals surface area contributed by atoms with Crippen molar-refractivity contribution in [3.63, 3.8) is 0 Å². The fraction of sp³-hybridized carbons (Fsp3) is 0. The van der Waals surface area contributed by atoms with Crippen molar-refractivity contribution in [3.05, 3.63) is 200 Å². The molecule has 7 heteroatoms. The number of para-hydroxylation sites is 2. The molecule has 0 aliphatic carbocycles. The lowest BCUT2D eigenvalue weighted by atomic mass is 9.92. The minimum atomic E-state index is 0.581. The maximum atomic E-state index is 6.26. The molecule has 294 valence electrons. The van der Waals surface area contributed by atoms with Gasteiger partial charge in [-0.3, -0.25) is 4.98 Å². The molecular formula is C56H33N5OS. The van der Waals surface area contributed by atoms with Crippen LogP contribution in [0, 0.1) is 0 Å². The van der Waals surface area contributed by atoms with Crippen molar-refractivity contribution in [3.8, 4) is 62.1 Å². The number of benzene rings is 8. The lowest BCUT2D eigenvalue weighted by molar-refractivity contribution is 0.669. The van der Waals surface area contributed by atoms with Crippen LogP contribution in [0.3, 0.4) is 0 Å². The first-order chi connectivity index (χ1) is 31.2. The second-order valence-electron chi connectivity index (χ2n) is 15.8. The Hall–Kier alpha value is -8.26. The van der Waals surface area contributed by atoms with Gasteiger partial charge in [0.1, 0.15) is 11.2 Å². The molecule has 13 aromatic rings. The summed E-state index contributed by atoms with van der Waals surface area (Å²) >= 11 is 1.87. The highest BCUT2D eigenvalue weighted by atomic mass is 32.1. The third kappa shape index (κ3) is 5.71. The summed E-state index contributed by atoms with van der Waals surface area (Å²) in [7, 11) is 0. The zero-order chi connectivity index (χ0) is 41.4. The Balaban J connectivity index is 1.09. The molecule has 0 radical (unpaired) electrons. The molecule has 13 rings (SSSR count). The fourth-order valence-corrected chi connectivity index (χ4v) is 10.5. The molecule has 0 spiro atoms. The van der Waals surface area contributed by atoms with Crippen LogP contribution in [0.1, 0.15) is 0 Å². The summed E-state index contributed by atoms with van der Waals surface area (Å²) in [5, 5.41) is 7.19. The van der Waals surface area contributed by atoms with Gasteiger partial charge in [0, 0.05) is 82.1 Å². The minimum absolute atomic E-state index is 0.581. The summed E-state index contributed by atoms with van der Waals surface area (Å²) in [5.74, 6) is 1.80. The zero-order valence-corrected chi connectivity index (χ0v) is 34.4. The van der Waals surface area contributed by atoms with Crippen LogP contribution >= 0.6 is 11.3 Å². The number of pyridine rings is 1. The van der Waals surface area contributed by atoms with Gasteiger partial charge in [-0.1, -0.05) is 127 Å². The molecule has 0 saturated carbocycles. The molecule has 0 amide bonds. The van der Waals surface area contributed by atoms with Crippen LogP contribution in [0.5, 0.6) is 0 Å². The van der Waals surface area contributed by atoms with Crippen molar-refractivity contribution in [2.45, 2.75) is 0 Å². The summed E-state index contributed by atoms with van der Waals surface area (Å²) in [6.45, 7) is 0. The molecular weight excluding hydrogens is 791 g/mol. The topological polar surface area (TPSA) is 69.6 Å². The Morgan fingerprint density at radius 1 is 0.413 bits per heavy atom. The largest absolute Gasteiger partial charge is 0.456 e. The first kappa shape index (κ1) is 35.5. The van der Waals surface area contributed by atoms with E-state index < -0.39 is 0 Å². The van der Waals surface area contributed by atoms with Gasteiger partial charge in [-0.15, -0.1) is 11.3 Å². The van der Waals surface area contributed by atoms with Crippen LogP contribution in [-0.4, -0.2) is 24.5 Å². The third-order valence-corrected chi connectivity index (χ3v) is 13.4. The number of nitrogens with zero attached hydrogens (tertiary/aromatic N) is 5. The second-order valence-corrected chi connectivity index (χ2v) is 16.8. The average molecular weight is 824 g/mol. The van der Waals surface area contributed by atoms with Crippen molar-refractivity contribution in [2.24, 2.45) is 0 Å². The molecule has 0 aliphatic heterocycles. The quantitative estimate of drug-likeness (QED) is 0.167. The fourth-order valence-electron chi connectivity index (χ4n) is 9.28. The molecule has 6 nitrogen and oxygen atoms in total. The van der Waals surface area contributed by atoms with E-state index in [1.54, 1.807) is 0 Å². The minimum Gasteiger partial charge on any atom is -0.456 e. The van der Waals surface area contributed by atoms with E-state index in [-0.39, 0.29) is 0 Å². The van der Waals surface area contributed by atoms with Gasteiger partial charge in [-0.25, -0.2) is 15.0 Å². The highest BCUT2D eigenvalue weighted by Gasteiger charge is 2.22. The summed E-state index contributed by atoms with van der Waals surface area (Å²) in [5.41, 5.74) is 11.7. The van der Waals surface area contributed by atoms with Gasteiger partial charge in [0.2, 0.25) is 0 Å². The van der Waals surface area contributed by atoms with Gasteiger partial charge in [0.05, 0.1) is 11.0 Å². The molecule has 0 unspecified atom stereocenters. The predicted octanol–water partition coefficient (Wildman–Crippen LogP) is 15.0. The second kappa shape index (κ2) is 14.2. The Labute approximate surface area is 365 Å². The molecule has 0 bridgehead atoms. The monoisotopic (exact) mass is 823 g/mol. The highest BCUT2D eigenvalue weighted by Crippen LogP contribution is 2.45. The summed E-state index contributed by atoms with van der Waals surface area (Å²) < 4.78 is 11.3. The first-order valence-corrected chi connectivity index (χ1v) is 21.8. The van der Waals surface area contributed by atoms with E-state index in [1.807, 2.05) is 96.5 Å². The van der Waals surface area contributed by atoms with Crippen LogP contribution in [-0.2, 0) is 0 Å². The van der Waals surface area contributed by atoms with Gasteiger partial charge >= 0.3 is 0 Å². The van der Waals surface area contributed by atoms with Crippen molar-refractivity contribution >= 4 is 75.3 Å². The molecule has 63 heavy (non-hydrogen) atoms. The molecule has 0 N–H and O–H groups in total. The van der Waals surface area contributed by atoms with E-state index >= 15 is 0 Å².